The van der Waals surface area contributed by atoms with Crippen molar-refractivity contribution in [2.45, 2.75) is 52.1 Å². The van der Waals surface area contributed by atoms with Crippen molar-refractivity contribution < 1.29 is 9.84 Å². The Hall–Kier alpha value is -1.02. The van der Waals surface area contributed by atoms with Gasteiger partial charge in [0, 0.05) is 5.56 Å². The number of aliphatic hydroxyl groups is 1. The van der Waals surface area contributed by atoms with Crippen LogP contribution in [0, 0.1) is 11.8 Å². The molecule has 1 aliphatic carbocycles. The van der Waals surface area contributed by atoms with Gasteiger partial charge >= 0.3 is 0 Å². The maximum absolute atomic E-state index is 11.2. The monoisotopic (exact) mass is 262 g/mol. The summed E-state index contributed by atoms with van der Waals surface area (Å²) in [5, 5.41) is 11.2. The Bertz CT molecular complexity index is 415. The molecule has 0 amide bonds. The highest BCUT2D eigenvalue weighted by Crippen LogP contribution is 2.47. The van der Waals surface area contributed by atoms with Crippen molar-refractivity contribution in [3.05, 3.63) is 29.8 Å². The van der Waals surface area contributed by atoms with Crippen LogP contribution in [0.15, 0.2) is 24.3 Å². The molecule has 0 aliphatic heterocycles. The predicted molar refractivity (Wildman–Crippen MR) is 78.3 cm³/mol. The number of para-hydroxylation sites is 1. The molecule has 2 rings (SSSR count). The first-order valence-corrected chi connectivity index (χ1v) is 7.54. The summed E-state index contributed by atoms with van der Waals surface area (Å²) in [7, 11) is 0. The molecule has 106 valence electrons. The minimum atomic E-state index is -0.734. The lowest BCUT2D eigenvalue weighted by molar-refractivity contribution is -0.0704. The highest BCUT2D eigenvalue weighted by molar-refractivity contribution is 5.39. The van der Waals surface area contributed by atoms with E-state index in [2.05, 4.69) is 20.8 Å². The van der Waals surface area contributed by atoms with Crippen LogP contribution in [0.5, 0.6) is 5.75 Å². The van der Waals surface area contributed by atoms with Gasteiger partial charge in [-0.15, -0.1) is 0 Å². The van der Waals surface area contributed by atoms with Crippen molar-refractivity contribution in [3.8, 4) is 5.75 Å². The van der Waals surface area contributed by atoms with Crippen LogP contribution in [0.25, 0.3) is 0 Å². The van der Waals surface area contributed by atoms with E-state index in [4.69, 9.17) is 4.74 Å². The Morgan fingerprint density at radius 1 is 1.32 bits per heavy atom. The highest BCUT2D eigenvalue weighted by atomic mass is 16.5. The first-order valence-electron chi connectivity index (χ1n) is 7.54. The van der Waals surface area contributed by atoms with Crippen LogP contribution < -0.4 is 4.74 Å². The molecule has 1 saturated carbocycles. The Kier molecular flexibility index (Phi) is 4.51. The van der Waals surface area contributed by atoms with E-state index in [1.807, 2.05) is 24.3 Å². The Morgan fingerprint density at radius 2 is 2.05 bits per heavy atom. The van der Waals surface area contributed by atoms with Gasteiger partial charge in [0.05, 0.1) is 12.2 Å². The van der Waals surface area contributed by atoms with E-state index in [-0.39, 0.29) is 5.92 Å². The zero-order valence-electron chi connectivity index (χ0n) is 12.4. The SMILES string of the molecule is CCCOc1ccccc1C1(O)CCCC(C)C1C. The molecule has 2 nitrogen and oxygen atoms in total. The van der Waals surface area contributed by atoms with Crippen molar-refractivity contribution in [3.63, 3.8) is 0 Å². The van der Waals surface area contributed by atoms with Gasteiger partial charge in [0.15, 0.2) is 0 Å². The van der Waals surface area contributed by atoms with Gasteiger partial charge in [0.1, 0.15) is 5.75 Å². The normalized spacial score (nSPS) is 31.2. The summed E-state index contributed by atoms with van der Waals surface area (Å²) >= 11 is 0. The van der Waals surface area contributed by atoms with Crippen molar-refractivity contribution in [2.75, 3.05) is 6.61 Å². The van der Waals surface area contributed by atoms with Crippen LogP contribution in [-0.4, -0.2) is 11.7 Å². The van der Waals surface area contributed by atoms with Gasteiger partial charge in [-0.05, 0) is 37.2 Å². The van der Waals surface area contributed by atoms with Crippen LogP contribution in [-0.2, 0) is 5.60 Å². The minimum Gasteiger partial charge on any atom is -0.493 e. The Morgan fingerprint density at radius 3 is 2.79 bits per heavy atom. The van der Waals surface area contributed by atoms with Gasteiger partial charge in [-0.3, -0.25) is 0 Å². The van der Waals surface area contributed by atoms with Gasteiger partial charge in [-0.2, -0.15) is 0 Å². The van der Waals surface area contributed by atoms with E-state index in [1.165, 1.54) is 6.42 Å². The molecule has 0 bridgehead atoms. The zero-order chi connectivity index (χ0) is 13.9. The summed E-state index contributed by atoms with van der Waals surface area (Å²) < 4.78 is 5.83. The maximum atomic E-state index is 11.2. The van der Waals surface area contributed by atoms with Crippen LogP contribution in [0.4, 0.5) is 0 Å². The van der Waals surface area contributed by atoms with E-state index >= 15 is 0 Å². The molecule has 3 unspecified atom stereocenters. The molecular weight excluding hydrogens is 236 g/mol. The third-order valence-electron chi connectivity index (χ3n) is 4.64. The van der Waals surface area contributed by atoms with Crippen molar-refractivity contribution >= 4 is 0 Å². The topological polar surface area (TPSA) is 29.5 Å². The third kappa shape index (κ3) is 2.79. The molecule has 0 spiro atoms. The van der Waals surface area contributed by atoms with E-state index < -0.39 is 5.60 Å². The molecule has 3 atom stereocenters. The number of rotatable bonds is 4. The molecular formula is C17H26O2. The fraction of sp³-hybridized carbons (Fsp3) is 0.647. The maximum Gasteiger partial charge on any atom is 0.125 e. The third-order valence-corrected chi connectivity index (χ3v) is 4.64. The van der Waals surface area contributed by atoms with Crippen molar-refractivity contribution in [1.82, 2.24) is 0 Å². The molecule has 1 aromatic rings. The summed E-state index contributed by atoms with van der Waals surface area (Å²) in [5.41, 5.74) is 0.240. The first kappa shape index (κ1) is 14.4. The van der Waals surface area contributed by atoms with Crippen LogP contribution in [0.2, 0.25) is 0 Å². The van der Waals surface area contributed by atoms with E-state index in [9.17, 15) is 5.11 Å². The molecule has 19 heavy (non-hydrogen) atoms. The number of ether oxygens (including phenoxy) is 1. The number of benzene rings is 1. The molecule has 0 heterocycles. The van der Waals surface area contributed by atoms with Gasteiger partial charge in [-0.1, -0.05) is 45.4 Å². The van der Waals surface area contributed by atoms with Crippen LogP contribution >= 0.6 is 0 Å². The summed E-state index contributed by atoms with van der Waals surface area (Å²) in [6, 6.07) is 7.99. The summed E-state index contributed by atoms with van der Waals surface area (Å²) in [5.74, 6) is 1.68. The largest absolute Gasteiger partial charge is 0.493 e. The lowest BCUT2D eigenvalue weighted by Gasteiger charge is -2.43. The smallest absolute Gasteiger partial charge is 0.125 e. The number of hydrogen-bond acceptors (Lipinski definition) is 2. The van der Waals surface area contributed by atoms with Crippen molar-refractivity contribution in [1.29, 1.82) is 0 Å². The standard InChI is InChI=1S/C17H26O2/c1-4-12-19-16-10-6-5-9-15(16)17(18)11-7-8-13(2)14(17)3/h5-6,9-10,13-14,18H,4,7-8,11-12H2,1-3H3. The first-order chi connectivity index (χ1) is 9.09. The molecule has 1 fully saturated rings. The molecule has 0 aromatic heterocycles. The molecule has 1 N–H and O–H groups in total. The zero-order valence-corrected chi connectivity index (χ0v) is 12.4. The Labute approximate surface area is 116 Å². The molecule has 1 aromatic carbocycles. The second kappa shape index (κ2) is 5.96. The van der Waals surface area contributed by atoms with E-state index in [0.29, 0.717) is 12.5 Å². The lowest BCUT2D eigenvalue weighted by Crippen LogP contribution is -2.40. The second-order valence-corrected chi connectivity index (χ2v) is 5.93. The second-order valence-electron chi connectivity index (χ2n) is 5.93. The van der Waals surface area contributed by atoms with Gasteiger partial charge in [-0.25, -0.2) is 0 Å². The van der Waals surface area contributed by atoms with E-state index in [1.54, 1.807) is 0 Å². The summed E-state index contributed by atoms with van der Waals surface area (Å²) in [6.07, 6.45) is 4.12. The predicted octanol–water partition coefficient (Wildman–Crippen LogP) is 4.12. The fourth-order valence-corrected chi connectivity index (χ4v) is 3.18. The average Bonchev–Trinajstić information content (AvgIpc) is 2.43. The van der Waals surface area contributed by atoms with Crippen molar-refractivity contribution in [2.24, 2.45) is 11.8 Å². The molecule has 1 aliphatic rings. The molecule has 0 radical (unpaired) electrons. The molecule has 0 saturated heterocycles. The molecule has 2 heteroatoms. The Balaban J connectivity index is 2.33. The van der Waals surface area contributed by atoms with Crippen LogP contribution in [0.3, 0.4) is 0 Å². The highest BCUT2D eigenvalue weighted by Gasteiger charge is 2.42. The lowest BCUT2D eigenvalue weighted by atomic mass is 9.67. The number of hydrogen-bond donors (Lipinski definition) is 1. The van der Waals surface area contributed by atoms with Crippen LogP contribution in [0.1, 0.15) is 52.0 Å². The average molecular weight is 262 g/mol. The van der Waals surface area contributed by atoms with Gasteiger partial charge in [0.2, 0.25) is 0 Å². The summed E-state index contributed by atoms with van der Waals surface area (Å²) in [4.78, 5) is 0. The summed E-state index contributed by atoms with van der Waals surface area (Å²) in [6.45, 7) is 7.21. The van der Waals surface area contributed by atoms with Gasteiger partial charge in [0.25, 0.3) is 0 Å². The van der Waals surface area contributed by atoms with Gasteiger partial charge < -0.3 is 9.84 Å². The van der Waals surface area contributed by atoms with E-state index in [0.717, 1.165) is 30.6 Å². The fourth-order valence-electron chi connectivity index (χ4n) is 3.18. The quantitative estimate of drug-likeness (QED) is 0.884. The minimum absolute atomic E-state index is 0.271.